The predicted octanol–water partition coefficient (Wildman–Crippen LogP) is -0.164. The first-order valence-electron chi connectivity index (χ1n) is 9.92. The summed E-state index contributed by atoms with van der Waals surface area (Å²) in [7, 11) is 0. The Kier molecular flexibility index (Phi) is 10.7. The SMILES string of the molecule is CCOC(=O)C[C@H](C(=O)OCC)[C@@H](NC(=O)[C@@H](Cc1ccccc1)NC(C)=O)C(N)=O. The van der Waals surface area contributed by atoms with Crippen LogP contribution in [0.1, 0.15) is 32.8 Å². The highest BCUT2D eigenvalue weighted by Gasteiger charge is 2.38. The number of primary amides is 1. The van der Waals surface area contributed by atoms with Crippen LogP contribution < -0.4 is 16.4 Å². The average Bonchev–Trinajstić information content (AvgIpc) is 2.70. The zero-order chi connectivity index (χ0) is 23.4. The van der Waals surface area contributed by atoms with Crippen molar-refractivity contribution in [2.24, 2.45) is 11.7 Å². The number of carbonyl (C=O) groups excluding carboxylic acids is 5. The van der Waals surface area contributed by atoms with Crippen LogP contribution in [0.4, 0.5) is 0 Å². The minimum Gasteiger partial charge on any atom is -0.466 e. The smallest absolute Gasteiger partial charge is 0.312 e. The van der Waals surface area contributed by atoms with Crippen molar-refractivity contribution in [3.63, 3.8) is 0 Å². The number of amides is 3. The van der Waals surface area contributed by atoms with Gasteiger partial charge in [0.1, 0.15) is 12.1 Å². The fourth-order valence-electron chi connectivity index (χ4n) is 2.91. The maximum Gasteiger partial charge on any atom is 0.312 e. The van der Waals surface area contributed by atoms with Gasteiger partial charge in [-0.25, -0.2) is 0 Å². The Morgan fingerprint density at radius 1 is 0.968 bits per heavy atom. The van der Waals surface area contributed by atoms with E-state index in [0.29, 0.717) is 0 Å². The number of nitrogens with two attached hydrogens (primary N) is 1. The topological polar surface area (TPSA) is 154 Å². The predicted molar refractivity (Wildman–Crippen MR) is 110 cm³/mol. The molecule has 0 aliphatic rings. The van der Waals surface area contributed by atoms with E-state index in [0.717, 1.165) is 5.56 Å². The second-order valence-electron chi connectivity index (χ2n) is 6.70. The molecule has 0 radical (unpaired) electrons. The summed E-state index contributed by atoms with van der Waals surface area (Å²) in [5.41, 5.74) is 6.19. The van der Waals surface area contributed by atoms with Crippen LogP contribution in [0.15, 0.2) is 30.3 Å². The lowest BCUT2D eigenvalue weighted by atomic mass is 9.94. The first kappa shape index (κ1) is 25.6. The Morgan fingerprint density at radius 3 is 2.10 bits per heavy atom. The molecule has 10 nitrogen and oxygen atoms in total. The lowest BCUT2D eigenvalue weighted by Gasteiger charge is -2.26. The van der Waals surface area contributed by atoms with Crippen LogP contribution in [-0.4, -0.2) is 55.0 Å². The molecule has 1 aromatic rings. The van der Waals surface area contributed by atoms with Crippen LogP contribution in [0.5, 0.6) is 0 Å². The Balaban J connectivity index is 3.11. The maximum absolute atomic E-state index is 12.9. The highest BCUT2D eigenvalue weighted by molar-refractivity contribution is 5.95. The molecule has 0 bridgehead atoms. The number of rotatable bonds is 12. The van der Waals surface area contributed by atoms with E-state index in [1.54, 1.807) is 44.2 Å². The standard InChI is InChI=1S/C21H29N3O7/c1-4-30-17(26)12-15(21(29)31-5-2)18(19(22)27)24-20(28)16(23-13(3)25)11-14-9-7-6-8-10-14/h6-10,15-16,18H,4-5,11-12H2,1-3H3,(H2,22,27)(H,23,25)(H,24,28)/t15-,16+,18+/m0/s1. The van der Waals surface area contributed by atoms with E-state index in [4.69, 9.17) is 15.2 Å². The molecule has 0 spiro atoms. The van der Waals surface area contributed by atoms with Gasteiger partial charge in [0.05, 0.1) is 25.6 Å². The van der Waals surface area contributed by atoms with Gasteiger partial charge in [0.2, 0.25) is 17.7 Å². The third kappa shape index (κ3) is 8.85. The molecule has 170 valence electrons. The van der Waals surface area contributed by atoms with E-state index >= 15 is 0 Å². The number of carbonyl (C=O) groups is 5. The molecule has 4 N–H and O–H groups in total. The van der Waals surface area contributed by atoms with Gasteiger partial charge in [-0.05, 0) is 19.4 Å². The van der Waals surface area contributed by atoms with Crippen LogP contribution >= 0.6 is 0 Å². The minimum atomic E-state index is -1.54. The van der Waals surface area contributed by atoms with Gasteiger partial charge in [0, 0.05) is 13.3 Å². The van der Waals surface area contributed by atoms with E-state index in [-0.39, 0.29) is 19.6 Å². The fraction of sp³-hybridized carbons (Fsp3) is 0.476. The second kappa shape index (κ2) is 13.0. The van der Waals surface area contributed by atoms with Gasteiger partial charge in [-0.1, -0.05) is 30.3 Å². The molecule has 0 unspecified atom stereocenters. The summed E-state index contributed by atoms with van der Waals surface area (Å²) in [6, 6.07) is 6.33. The van der Waals surface area contributed by atoms with Crippen LogP contribution in [-0.2, 0) is 39.9 Å². The molecule has 0 saturated carbocycles. The van der Waals surface area contributed by atoms with Gasteiger partial charge in [-0.15, -0.1) is 0 Å². The largest absolute Gasteiger partial charge is 0.466 e. The molecule has 0 heterocycles. The van der Waals surface area contributed by atoms with Crippen molar-refractivity contribution in [1.29, 1.82) is 0 Å². The first-order valence-corrected chi connectivity index (χ1v) is 9.92. The summed E-state index contributed by atoms with van der Waals surface area (Å²) in [6.45, 7) is 4.47. The summed E-state index contributed by atoms with van der Waals surface area (Å²) < 4.78 is 9.79. The summed E-state index contributed by atoms with van der Waals surface area (Å²) in [5, 5.41) is 4.91. The summed E-state index contributed by atoms with van der Waals surface area (Å²) in [4.78, 5) is 60.9. The molecule has 1 aromatic carbocycles. The van der Waals surface area contributed by atoms with E-state index in [2.05, 4.69) is 10.6 Å². The monoisotopic (exact) mass is 435 g/mol. The number of hydrogen-bond acceptors (Lipinski definition) is 7. The molecule has 0 aliphatic heterocycles. The maximum atomic E-state index is 12.9. The van der Waals surface area contributed by atoms with Crippen molar-refractivity contribution in [2.45, 2.75) is 45.7 Å². The van der Waals surface area contributed by atoms with Crippen molar-refractivity contribution in [2.75, 3.05) is 13.2 Å². The highest BCUT2D eigenvalue weighted by atomic mass is 16.5. The van der Waals surface area contributed by atoms with E-state index in [1.165, 1.54) is 6.92 Å². The van der Waals surface area contributed by atoms with Crippen molar-refractivity contribution < 1.29 is 33.4 Å². The lowest BCUT2D eigenvalue weighted by molar-refractivity contribution is -0.157. The first-order chi connectivity index (χ1) is 14.7. The van der Waals surface area contributed by atoms with Gasteiger partial charge >= 0.3 is 11.9 Å². The number of esters is 2. The van der Waals surface area contributed by atoms with Crippen LogP contribution in [0, 0.1) is 5.92 Å². The number of nitrogens with one attached hydrogen (secondary N) is 2. The van der Waals surface area contributed by atoms with Crippen molar-refractivity contribution in [3.05, 3.63) is 35.9 Å². The molecule has 3 atom stereocenters. The number of benzene rings is 1. The van der Waals surface area contributed by atoms with Gasteiger partial charge in [-0.2, -0.15) is 0 Å². The number of hydrogen-bond donors (Lipinski definition) is 3. The fourth-order valence-corrected chi connectivity index (χ4v) is 2.91. The van der Waals surface area contributed by atoms with E-state index in [1.807, 2.05) is 0 Å². The van der Waals surface area contributed by atoms with Gasteiger partial charge < -0.3 is 25.8 Å². The summed E-state index contributed by atoms with van der Waals surface area (Å²) in [6.07, 6.45) is -0.371. The zero-order valence-corrected chi connectivity index (χ0v) is 17.9. The zero-order valence-electron chi connectivity index (χ0n) is 17.9. The van der Waals surface area contributed by atoms with E-state index in [9.17, 15) is 24.0 Å². The molecule has 31 heavy (non-hydrogen) atoms. The third-order valence-corrected chi connectivity index (χ3v) is 4.26. The molecule has 0 aliphatic carbocycles. The van der Waals surface area contributed by atoms with Crippen LogP contribution in [0.2, 0.25) is 0 Å². The minimum absolute atomic E-state index is 0.000110. The van der Waals surface area contributed by atoms with Crippen molar-refractivity contribution in [3.8, 4) is 0 Å². The van der Waals surface area contributed by atoms with Crippen molar-refractivity contribution >= 4 is 29.7 Å². The Labute approximate surface area is 180 Å². The Bertz CT molecular complexity index is 782. The molecule has 10 heteroatoms. The third-order valence-electron chi connectivity index (χ3n) is 4.26. The summed E-state index contributed by atoms with van der Waals surface area (Å²) in [5.74, 6) is -5.23. The Hall–Kier alpha value is -3.43. The molecule has 0 aromatic heterocycles. The molecule has 1 rings (SSSR count). The molecular formula is C21H29N3O7. The normalized spacial score (nSPS) is 13.3. The van der Waals surface area contributed by atoms with Crippen molar-refractivity contribution in [1.82, 2.24) is 10.6 Å². The quantitative estimate of drug-likeness (QED) is 0.385. The van der Waals surface area contributed by atoms with Gasteiger partial charge in [-0.3, -0.25) is 24.0 Å². The lowest BCUT2D eigenvalue weighted by Crippen LogP contribution is -2.57. The van der Waals surface area contributed by atoms with Crippen LogP contribution in [0.3, 0.4) is 0 Å². The van der Waals surface area contributed by atoms with Gasteiger partial charge in [0.15, 0.2) is 0 Å². The molecule has 3 amide bonds. The van der Waals surface area contributed by atoms with Gasteiger partial charge in [0.25, 0.3) is 0 Å². The second-order valence-corrected chi connectivity index (χ2v) is 6.70. The molecule has 0 fully saturated rings. The van der Waals surface area contributed by atoms with E-state index < -0.39 is 54.1 Å². The molecule has 0 saturated heterocycles. The van der Waals surface area contributed by atoms with Crippen LogP contribution in [0.25, 0.3) is 0 Å². The average molecular weight is 435 g/mol. The summed E-state index contributed by atoms with van der Waals surface area (Å²) >= 11 is 0. The molecular weight excluding hydrogens is 406 g/mol. The highest BCUT2D eigenvalue weighted by Crippen LogP contribution is 2.14. The Morgan fingerprint density at radius 2 is 1.58 bits per heavy atom. The number of ether oxygens (including phenoxy) is 2.